The van der Waals surface area contributed by atoms with E-state index in [1.165, 1.54) is 11.3 Å². The third-order valence-corrected chi connectivity index (χ3v) is 5.27. The van der Waals surface area contributed by atoms with Gasteiger partial charge in [-0.25, -0.2) is 0 Å². The van der Waals surface area contributed by atoms with Crippen LogP contribution in [0.3, 0.4) is 0 Å². The lowest BCUT2D eigenvalue weighted by Gasteiger charge is -2.46. The van der Waals surface area contributed by atoms with Crippen LogP contribution in [0.4, 0.5) is 0 Å². The standard InChI is InChI=1S/C15H16N2OS/c18-14-3-1-2-13-11-6-15(9-16-7-11,10-17(13)14)12-4-5-19-8-12/h1-5,8,11,16H,6-7,9-10H2/t11-,15-/m1/s1. The van der Waals surface area contributed by atoms with E-state index in [2.05, 4.69) is 28.2 Å². The average molecular weight is 272 g/mol. The molecule has 4 rings (SSSR count). The van der Waals surface area contributed by atoms with E-state index in [4.69, 9.17) is 0 Å². The van der Waals surface area contributed by atoms with Gasteiger partial charge in [-0.1, -0.05) is 6.07 Å². The van der Waals surface area contributed by atoms with Crippen molar-refractivity contribution in [2.24, 2.45) is 0 Å². The third-order valence-electron chi connectivity index (χ3n) is 4.59. The maximum Gasteiger partial charge on any atom is 0.250 e. The molecule has 0 aliphatic carbocycles. The molecule has 98 valence electrons. The average Bonchev–Trinajstić information content (AvgIpc) is 2.95. The molecule has 0 radical (unpaired) electrons. The van der Waals surface area contributed by atoms with Gasteiger partial charge in [0.15, 0.2) is 0 Å². The number of fused-ring (bicyclic) bond motifs is 4. The first kappa shape index (κ1) is 11.4. The molecule has 2 bridgehead atoms. The molecule has 0 amide bonds. The van der Waals surface area contributed by atoms with E-state index >= 15 is 0 Å². The fourth-order valence-electron chi connectivity index (χ4n) is 3.67. The summed E-state index contributed by atoms with van der Waals surface area (Å²) in [6, 6.07) is 7.89. The van der Waals surface area contributed by atoms with E-state index < -0.39 is 0 Å². The van der Waals surface area contributed by atoms with Gasteiger partial charge in [0, 0.05) is 42.7 Å². The quantitative estimate of drug-likeness (QED) is 0.861. The number of thiophene rings is 1. The van der Waals surface area contributed by atoms with Gasteiger partial charge in [0.05, 0.1) is 0 Å². The number of rotatable bonds is 1. The Bertz CT molecular complexity index is 661. The summed E-state index contributed by atoms with van der Waals surface area (Å²) in [5.74, 6) is 0.455. The SMILES string of the molecule is O=c1cccc2n1C[C@]1(c3ccsc3)CNC[C@H]2C1. The summed E-state index contributed by atoms with van der Waals surface area (Å²) in [5, 5.41) is 7.94. The van der Waals surface area contributed by atoms with Gasteiger partial charge < -0.3 is 9.88 Å². The molecular weight excluding hydrogens is 256 g/mol. The number of nitrogens with one attached hydrogen (secondary N) is 1. The molecule has 1 saturated heterocycles. The second-order valence-electron chi connectivity index (χ2n) is 5.70. The molecule has 0 aromatic carbocycles. The van der Waals surface area contributed by atoms with E-state index in [-0.39, 0.29) is 11.0 Å². The van der Waals surface area contributed by atoms with Gasteiger partial charge in [-0.2, -0.15) is 11.3 Å². The van der Waals surface area contributed by atoms with Crippen LogP contribution in [0.2, 0.25) is 0 Å². The van der Waals surface area contributed by atoms with Crippen molar-refractivity contribution in [1.82, 2.24) is 9.88 Å². The Labute approximate surface area is 115 Å². The summed E-state index contributed by atoms with van der Waals surface area (Å²) >= 11 is 1.74. The summed E-state index contributed by atoms with van der Waals surface area (Å²) < 4.78 is 1.99. The van der Waals surface area contributed by atoms with Crippen molar-refractivity contribution < 1.29 is 0 Å². The predicted molar refractivity (Wildman–Crippen MR) is 76.9 cm³/mol. The Balaban J connectivity index is 1.89. The van der Waals surface area contributed by atoms with E-state index in [1.54, 1.807) is 17.4 Å². The highest BCUT2D eigenvalue weighted by molar-refractivity contribution is 7.08. The van der Waals surface area contributed by atoms with Gasteiger partial charge in [0.2, 0.25) is 0 Å². The van der Waals surface area contributed by atoms with Crippen LogP contribution in [0.25, 0.3) is 0 Å². The van der Waals surface area contributed by atoms with Crippen molar-refractivity contribution in [2.45, 2.75) is 24.3 Å². The van der Waals surface area contributed by atoms with Crippen molar-refractivity contribution in [3.63, 3.8) is 0 Å². The normalized spacial score (nSPS) is 28.9. The van der Waals surface area contributed by atoms with E-state index in [1.807, 2.05) is 10.6 Å². The van der Waals surface area contributed by atoms with Crippen LogP contribution in [-0.2, 0) is 12.0 Å². The molecule has 2 aromatic heterocycles. The molecule has 4 heteroatoms. The van der Waals surface area contributed by atoms with E-state index in [0.29, 0.717) is 5.92 Å². The highest BCUT2D eigenvalue weighted by Gasteiger charge is 2.43. The number of aromatic nitrogens is 1. The number of pyridine rings is 1. The summed E-state index contributed by atoms with van der Waals surface area (Å²) in [5.41, 5.74) is 2.83. The number of piperidine rings is 1. The van der Waals surface area contributed by atoms with Crippen LogP contribution >= 0.6 is 11.3 Å². The van der Waals surface area contributed by atoms with Crippen LogP contribution in [0.5, 0.6) is 0 Å². The molecule has 2 aromatic rings. The first-order valence-corrected chi connectivity index (χ1v) is 7.66. The monoisotopic (exact) mass is 272 g/mol. The molecular formula is C15H16N2OS. The highest BCUT2D eigenvalue weighted by Crippen LogP contribution is 2.43. The minimum atomic E-state index is 0.0983. The molecule has 2 aliphatic rings. The molecule has 1 fully saturated rings. The van der Waals surface area contributed by atoms with Crippen LogP contribution < -0.4 is 10.9 Å². The van der Waals surface area contributed by atoms with Crippen LogP contribution in [0.15, 0.2) is 39.8 Å². The van der Waals surface area contributed by atoms with Gasteiger partial charge in [0.1, 0.15) is 0 Å². The summed E-state index contributed by atoms with van der Waals surface area (Å²) in [6.45, 7) is 2.76. The zero-order valence-electron chi connectivity index (χ0n) is 10.6. The predicted octanol–water partition coefficient (Wildman–Crippen LogP) is 1.94. The second-order valence-corrected chi connectivity index (χ2v) is 6.48. The smallest absolute Gasteiger partial charge is 0.250 e. The molecule has 2 atom stereocenters. The molecule has 0 unspecified atom stereocenters. The van der Waals surface area contributed by atoms with Crippen molar-refractivity contribution in [3.05, 3.63) is 56.6 Å². The second kappa shape index (κ2) is 4.05. The lowest BCUT2D eigenvalue weighted by molar-refractivity contribution is 0.208. The van der Waals surface area contributed by atoms with Crippen LogP contribution in [0, 0.1) is 0 Å². The zero-order chi connectivity index (χ0) is 12.9. The summed E-state index contributed by atoms with van der Waals surface area (Å²) in [4.78, 5) is 12.2. The minimum Gasteiger partial charge on any atom is -0.315 e. The Kier molecular flexibility index (Phi) is 2.44. The molecule has 1 N–H and O–H groups in total. The Morgan fingerprint density at radius 2 is 2.32 bits per heavy atom. The highest BCUT2D eigenvalue weighted by atomic mass is 32.1. The molecule has 3 nitrogen and oxygen atoms in total. The van der Waals surface area contributed by atoms with Crippen molar-refractivity contribution in [1.29, 1.82) is 0 Å². The van der Waals surface area contributed by atoms with Gasteiger partial charge in [-0.15, -0.1) is 0 Å². The lowest BCUT2D eigenvalue weighted by Crippen LogP contribution is -2.54. The molecule has 19 heavy (non-hydrogen) atoms. The summed E-state index contributed by atoms with van der Waals surface area (Å²) in [7, 11) is 0. The largest absolute Gasteiger partial charge is 0.315 e. The zero-order valence-corrected chi connectivity index (χ0v) is 11.5. The Hall–Kier alpha value is -1.39. The number of hydrogen-bond acceptors (Lipinski definition) is 3. The van der Waals surface area contributed by atoms with Gasteiger partial charge in [-0.05, 0) is 34.9 Å². The number of hydrogen-bond donors (Lipinski definition) is 1. The van der Waals surface area contributed by atoms with Crippen LogP contribution in [0.1, 0.15) is 23.6 Å². The number of nitrogens with zero attached hydrogens (tertiary/aromatic N) is 1. The van der Waals surface area contributed by atoms with Crippen molar-refractivity contribution >= 4 is 11.3 Å². The lowest BCUT2D eigenvalue weighted by atomic mass is 9.69. The summed E-state index contributed by atoms with van der Waals surface area (Å²) in [6.07, 6.45) is 1.15. The van der Waals surface area contributed by atoms with Gasteiger partial charge in [-0.3, -0.25) is 4.79 Å². The van der Waals surface area contributed by atoms with E-state index in [0.717, 1.165) is 26.1 Å². The van der Waals surface area contributed by atoms with Gasteiger partial charge in [0.25, 0.3) is 5.56 Å². The Morgan fingerprint density at radius 1 is 1.37 bits per heavy atom. The molecule has 0 spiro atoms. The molecule has 2 aliphatic heterocycles. The Morgan fingerprint density at radius 3 is 3.16 bits per heavy atom. The first-order chi connectivity index (χ1) is 9.28. The van der Waals surface area contributed by atoms with Crippen molar-refractivity contribution in [3.8, 4) is 0 Å². The maximum atomic E-state index is 12.2. The fourth-order valence-corrected chi connectivity index (χ4v) is 4.45. The maximum absolute atomic E-state index is 12.2. The van der Waals surface area contributed by atoms with Crippen LogP contribution in [-0.4, -0.2) is 17.7 Å². The third kappa shape index (κ3) is 1.63. The minimum absolute atomic E-state index is 0.0983. The fraction of sp³-hybridized carbons (Fsp3) is 0.400. The topological polar surface area (TPSA) is 34.0 Å². The molecule has 4 heterocycles. The van der Waals surface area contributed by atoms with Gasteiger partial charge >= 0.3 is 0 Å². The molecule has 0 saturated carbocycles. The van der Waals surface area contributed by atoms with E-state index in [9.17, 15) is 4.79 Å². The first-order valence-electron chi connectivity index (χ1n) is 6.72. The van der Waals surface area contributed by atoms with Crippen molar-refractivity contribution in [2.75, 3.05) is 13.1 Å².